The zero-order chi connectivity index (χ0) is 15.1. The van der Waals surface area contributed by atoms with Gasteiger partial charge in [-0.25, -0.2) is 0 Å². The lowest BCUT2D eigenvalue weighted by Gasteiger charge is -2.00. The molecule has 2 N–H and O–H groups in total. The van der Waals surface area contributed by atoms with Crippen molar-refractivity contribution in [3.05, 3.63) is 43.8 Å². The van der Waals surface area contributed by atoms with Gasteiger partial charge in [-0.3, -0.25) is 4.79 Å². The number of hydrogen-bond donors (Lipinski definition) is 2. The first-order chi connectivity index (χ1) is 10.2. The molecule has 5 heteroatoms. The van der Waals surface area contributed by atoms with E-state index in [9.17, 15) is 4.79 Å². The minimum absolute atomic E-state index is 0.0618. The standard InChI is InChI=1S/C16H17NO2S2/c1-2-12-6-7-14(20-12)11-17-16(19)15-9-8-13(21-15)5-3-4-10-18/h6-9,18H,2,4,10-11H2,1H3,(H,17,19). The molecule has 0 spiro atoms. The van der Waals surface area contributed by atoms with Gasteiger partial charge in [-0.15, -0.1) is 22.7 Å². The van der Waals surface area contributed by atoms with Crippen LogP contribution in [0, 0.1) is 11.8 Å². The SMILES string of the molecule is CCc1ccc(CNC(=O)c2ccc(C#CCCO)s2)s1. The summed E-state index contributed by atoms with van der Waals surface area (Å²) >= 11 is 3.10. The van der Waals surface area contributed by atoms with Gasteiger partial charge in [-0.2, -0.15) is 0 Å². The second kappa shape index (κ2) is 7.99. The van der Waals surface area contributed by atoms with E-state index in [0.29, 0.717) is 17.8 Å². The van der Waals surface area contributed by atoms with Crippen LogP contribution in [0.4, 0.5) is 0 Å². The summed E-state index contributed by atoms with van der Waals surface area (Å²) < 4.78 is 0. The first-order valence-corrected chi connectivity index (χ1v) is 8.41. The molecule has 2 rings (SSSR count). The number of rotatable bonds is 5. The summed E-state index contributed by atoms with van der Waals surface area (Å²) in [6, 6.07) is 7.79. The van der Waals surface area contributed by atoms with Crippen LogP contribution < -0.4 is 5.32 Å². The Morgan fingerprint density at radius 3 is 2.76 bits per heavy atom. The van der Waals surface area contributed by atoms with Crippen molar-refractivity contribution >= 4 is 28.6 Å². The minimum Gasteiger partial charge on any atom is -0.395 e. The fraction of sp³-hybridized carbons (Fsp3) is 0.312. The maximum absolute atomic E-state index is 12.1. The predicted molar refractivity (Wildman–Crippen MR) is 87.8 cm³/mol. The lowest BCUT2D eigenvalue weighted by molar-refractivity contribution is 0.0955. The highest BCUT2D eigenvalue weighted by Gasteiger charge is 2.08. The number of carbonyl (C=O) groups excluding carboxylic acids is 1. The van der Waals surface area contributed by atoms with Gasteiger partial charge >= 0.3 is 0 Å². The lowest BCUT2D eigenvalue weighted by atomic mass is 10.3. The fourth-order valence-electron chi connectivity index (χ4n) is 1.69. The molecule has 0 aromatic carbocycles. The van der Waals surface area contributed by atoms with Gasteiger partial charge in [-0.05, 0) is 30.7 Å². The molecular formula is C16H17NO2S2. The van der Waals surface area contributed by atoms with Gasteiger partial charge in [0, 0.05) is 16.2 Å². The average Bonchev–Trinajstić information content (AvgIpc) is 3.14. The summed E-state index contributed by atoms with van der Waals surface area (Å²) in [5.74, 6) is 5.72. The van der Waals surface area contributed by atoms with Gasteiger partial charge in [-0.1, -0.05) is 18.8 Å². The third-order valence-electron chi connectivity index (χ3n) is 2.77. The maximum Gasteiger partial charge on any atom is 0.261 e. The maximum atomic E-state index is 12.1. The van der Waals surface area contributed by atoms with Crippen molar-refractivity contribution in [2.75, 3.05) is 6.61 Å². The minimum atomic E-state index is -0.0679. The lowest BCUT2D eigenvalue weighted by Crippen LogP contribution is -2.21. The van der Waals surface area contributed by atoms with Crippen molar-refractivity contribution in [3.63, 3.8) is 0 Å². The Kier molecular flexibility index (Phi) is 6.00. The summed E-state index contributed by atoms with van der Waals surface area (Å²) in [4.78, 5) is 16.1. The van der Waals surface area contributed by atoms with E-state index >= 15 is 0 Å². The molecule has 0 atom stereocenters. The van der Waals surface area contributed by atoms with Gasteiger partial charge in [0.15, 0.2) is 0 Å². The van der Waals surface area contributed by atoms with E-state index < -0.39 is 0 Å². The number of thiophene rings is 2. The molecule has 0 aliphatic heterocycles. The zero-order valence-corrected chi connectivity index (χ0v) is 13.4. The van der Waals surface area contributed by atoms with Crippen molar-refractivity contribution in [2.45, 2.75) is 26.3 Å². The molecule has 2 aromatic rings. The van der Waals surface area contributed by atoms with Crippen LogP contribution in [0.1, 0.15) is 37.6 Å². The Bertz CT molecular complexity index is 661. The molecule has 0 unspecified atom stereocenters. The molecule has 0 fully saturated rings. The van der Waals surface area contributed by atoms with Crippen molar-refractivity contribution < 1.29 is 9.90 Å². The quantitative estimate of drug-likeness (QED) is 0.832. The largest absolute Gasteiger partial charge is 0.395 e. The molecule has 0 aliphatic rings. The Morgan fingerprint density at radius 2 is 2.05 bits per heavy atom. The van der Waals surface area contributed by atoms with Crippen molar-refractivity contribution in [2.24, 2.45) is 0 Å². The summed E-state index contributed by atoms with van der Waals surface area (Å²) in [5, 5.41) is 11.6. The molecule has 0 radical (unpaired) electrons. The Labute approximate surface area is 132 Å². The third kappa shape index (κ3) is 4.71. The highest BCUT2D eigenvalue weighted by atomic mass is 32.1. The van der Waals surface area contributed by atoms with E-state index in [-0.39, 0.29) is 12.5 Å². The van der Waals surface area contributed by atoms with E-state index in [4.69, 9.17) is 5.11 Å². The highest BCUT2D eigenvalue weighted by molar-refractivity contribution is 7.14. The van der Waals surface area contributed by atoms with Gasteiger partial charge in [0.1, 0.15) is 0 Å². The van der Waals surface area contributed by atoms with Gasteiger partial charge in [0.05, 0.1) is 22.9 Å². The summed E-state index contributed by atoms with van der Waals surface area (Å²) in [5.41, 5.74) is 0. The number of nitrogens with one attached hydrogen (secondary N) is 1. The van der Waals surface area contributed by atoms with E-state index in [2.05, 4.69) is 36.2 Å². The van der Waals surface area contributed by atoms with Crippen LogP contribution in [0.2, 0.25) is 0 Å². The molecular weight excluding hydrogens is 302 g/mol. The van der Waals surface area contributed by atoms with Crippen LogP contribution in [0.3, 0.4) is 0 Å². The number of aliphatic hydroxyl groups is 1. The van der Waals surface area contributed by atoms with Crippen LogP contribution in [0.15, 0.2) is 24.3 Å². The number of aryl methyl sites for hydroxylation is 1. The molecule has 0 aliphatic carbocycles. The molecule has 2 aromatic heterocycles. The van der Waals surface area contributed by atoms with Crippen LogP contribution in [-0.4, -0.2) is 17.6 Å². The number of hydrogen-bond acceptors (Lipinski definition) is 4. The molecule has 3 nitrogen and oxygen atoms in total. The summed E-state index contributed by atoms with van der Waals surface area (Å²) in [6.07, 6.45) is 1.48. The predicted octanol–water partition coefficient (Wildman–Crippen LogP) is 3.04. The summed E-state index contributed by atoms with van der Waals surface area (Å²) in [6.45, 7) is 2.75. The highest BCUT2D eigenvalue weighted by Crippen LogP contribution is 2.18. The molecule has 110 valence electrons. The number of carbonyl (C=O) groups is 1. The van der Waals surface area contributed by atoms with Crippen molar-refractivity contribution in [1.29, 1.82) is 0 Å². The van der Waals surface area contributed by atoms with Gasteiger partial charge < -0.3 is 10.4 Å². The Balaban J connectivity index is 1.90. The van der Waals surface area contributed by atoms with E-state index in [0.717, 1.165) is 11.3 Å². The van der Waals surface area contributed by atoms with Crippen molar-refractivity contribution in [1.82, 2.24) is 5.32 Å². The van der Waals surface area contributed by atoms with Gasteiger partial charge in [0.2, 0.25) is 0 Å². The zero-order valence-electron chi connectivity index (χ0n) is 11.8. The Hall–Kier alpha value is -1.61. The van der Waals surface area contributed by atoms with Gasteiger partial charge in [0.25, 0.3) is 5.91 Å². The average molecular weight is 319 g/mol. The topological polar surface area (TPSA) is 49.3 Å². The molecule has 0 bridgehead atoms. The van der Waals surface area contributed by atoms with E-state index in [1.807, 2.05) is 6.07 Å². The molecule has 1 amide bonds. The molecule has 0 saturated heterocycles. The number of aliphatic hydroxyl groups excluding tert-OH is 1. The second-order valence-electron chi connectivity index (χ2n) is 4.34. The first kappa shape index (κ1) is 15.8. The fourth-order valence-corrected chi connectivity index (χ4v) is 3.39. The second-order valence-corrected chi connectivity index (χ2v) is 6.68. The molecule has 2 heterocycles. The smallest absolute Gasteiger partial charge is 0.261 e. The number of amides is 1. The van der Waals surface area contributed by atoms with Crippen LogP contribution in [0.25, 0.3) is 0 Å². The van der Waals surface area contributed by atoms with Crippen LogP contribution in [-0.2, 0) is 13.0 Å². The Morgan fingerprint density at radius 1 is 1.24 bits per heavy atom. The van der Waals surface area contributed by atoms with E-state index in [1.165, 1.54) is 21.1 Å². The normalized spacial score (nSPS) is 10.0. The van der Waals surface area contributed by atoms with Crippen LogP contribution in [0.5, 0.6) is 0 Å². The van der Waals surface area contributed by atoms with Crippen molar-refractivity contribution in [3.8, 4) is 11.8 Å². The summed E-state index contributed by atoms with van der Waals surface area (Å²) in [7, 11) is 0. The molecule has 21 heavy (non-hydrogen) atoms. The third-order valence-corrected chi connectivity index (χ3v) is 5.00. The van der Waals surface area contributed by atoms with E-state index in [1.54, 1.807) is 17.4 Å². The van der Waals surface area contributed by atoms with Crippen LogP contribution >= 0.6 is 22.7 Å². The monoisotopic (exact) mass is 319 g/mol. The molecule has 0 saturated carbocycles. The first-order valence-electron chi connectivity index (χ1n) is 6.78.